The average Bonchev–Trinajstić information content (AvgIpc) is 2.10. The summed E-state index contributed by atoms with van der Waals surface area (Å²) in [5.74, 6) is -0.994. The molecule has 1 atom stereocenters. The normalized spacial score (nSPS) is 12.5. The minimum atomic E-state index is -0.642. The van der Waals surface area contributed by atoms with E-state index in [1.54, 1.807) is 12.1 Å². The Balaban J connectivity index is 2.89. The van der Waals surface area contributed by atoms with Crippen molar-refractivity contribution in [3.63, 3.8) is 0 Å². The zero-order chi connectivity index (χ0) is 9.84. The predicted molar refractivity (Wildman–Crippen MR) is 49.8 cm³/mol. The van der Waals surface area contributed by atoms with Crippen LogP contribution < -0.4 is 5.73 Å². The van der Waals surface area contributed by atoms with Crippen LogP contribution in [0.2, 0.25) is 0 Å². The van der Waals surface area contributed by atoms with Gasteiger partial charge < -0.3 is 10.8 Å². The van der Waals surface area contributed by atoms with Gasteiger partial charge in [0.1, 0.15) is 0 Å². The van der Waals surface area contributed by atoms with Crippen molar-refractivity contribution in [2.24, 2.45) is 5.73 Å². The molecule has 0 aliphatic carbocycles. The lowest BCUT2D eigenvalue weighted by atomic mass is 10.0. The molecule has 3 heteroatoms. The standard InChI is InChI=1S/C10H12FNO/c1-2-3-9(12)7-4-5-10(13)8(11)6-7/h2,4-6,9,13H,1,3,12H2/t9-/m0/s1. The fraction of sp³-hybridized carbons (Fsp3) is 0.200. The minimum absolute atomic E-state index is 0.257. The lowest BCUT2D eigenvalue weighted by molar-refractivity contribution is 0.431. The highest BCUT2D eigenvalue weighted by Crippen LogP contribution is 2.21. The molecule has 0 amide bonds. The Bertz CT molecular complexity index is 312. The lowest BCUT2D eigenvalue weighted by Gasteiger charge is -2.09. The molecule has 0 heterocycles. The van der Waals surface area contributed by atoms with Crippen LogP contribution in [0, 0.1) is 5.82 Å². The Morgan fingerprint density at radius 1 is 1.62 bits per heavy atom. The Morgan fingerprint density at radius 2 is 2.31 bits per heavy atom. The molecule has 0 aliphatic heterocycles. The SMILES string of the molecule is C=CC[C@H](N)c1ccc(O)c(F)c1. The first-order chi connectivity index (χ1) is 6.15. The Hall–Kier alpha value is -1.35. The van der Waals surface area contributed by atoms with Crippen molar-refractivity contribution in [1.82, 2.24) is 0 Å². The largest absolute Gasteiger partial charge is 0.505 e. The third kappa shape index (κ3) is 2.29. The average molecular weight is 181 g/mol. The van der Waals surface area contributed by atoms with E-state index in [-0.39, 0.29) is 11.8 Å². The van der Waals surface area contributed by atoms with Gasteiger partial charge in [-0.1, -0.05) is 12.1 Å². The maximum Gasteiger partial charge on any atom is 0.165 e. The number of aromatic hydroxyl groups is 1. The highest BCUT2D eigenvalue weighted by molar-refractivity contribution is 5.29. The number of benzene rings is 1. The Labute approximate surface area is 76.5 Å². The molecule has 1 aromatic carbocycles. The molecule has 0 saturated carbocycles. The number of nitrogens with two attached hydrogens (primary N) is 1. The van der Waals surface area contributed by atoms with E-state index < -0.39 is 5.82 Å². The van der Waals surface area contributed by atoms with Crippen LogP contribution in [0.25, 0.3) is 0 Å². The van der Waals surface area contributed by atoms with Crippen LogP contribution in [0.15, 0.2) is 30.9 Å². The molecule has 0 saturated heterocycles. The van der Waals surface area contributed by atoms with E-state index in [9.17, 15) is 4.39 Å². The van der Waals surface area contributed by atoms with Crippen LogP contribution in [0.5, 0.6) is 5.75 Å². The van der Waals surface area contributed by atoms with Crippen LogP contribution in [0.1, 0.15) is 18.0 Å². The third-order valence-corrected chi connectivity index (χ3v) is 1.82. The van der Waals surface area contributed by atoms with Crippen molar-refractivity contribution in [1.29, 1.82) is 0 Å². The summed E-state index contributed by atoms with van der Waals surface area (Å²) in [7, 11) is 0. The van der Waals surface area contributed by atoms with E-state index in [2.05, 4.69) is 6.58 Å². The molecule has 1 rings (SSSR count). The van der Waals surface area contributed by atoms with Gasteiger partial charge in [-0.15, -0.1) is 6.58 Å². The maximum absolute atomic E-state index is 12.8. The minimum Gasteiger partial charge on any atom is -0.505 e. The maximum atomic E-state index is 12.8. The molecule has 1 aromatic rings. The van der Waals surface area contributed by atoms with Gasteiger partial charge in [-0.05, 0) is 24.1 Å². The summed E-state index contributed by atoms with van der Waals surface area (Å²) < 4.78 is 12.8. The highest BCUT2D eigenvalue weighted by atomic mass is 19.1. The zero-order valence-corrected chi connectivity index (χ0v) is 7.20. The van der Waals surface area contributed by atoms with E-state index in [0.29, 0.717) is 12.0 Å². The van der Waals surface area contributed by atoms with Gasteiger partial charge in [-0.2, -0.15) is 0 Å². The smallest absolute Gasteiger partial charge is 0.165 e. The van der Waals surface area contributed by atoms with Crippen LogP contribution in [0.4, 0.5) is 4.39 Å². The summed E-state index contributed by atoms with van der Waals surface area (Å²) in [4.78, 5) is 0. The molecule has 3 N–H and O–H groups in total. The monoisotopic (exact) mass is 181 g/mol. The molecule has 0 fully saturated rings. The van der Waals surface area contributed by atoms with Gasteiger partial charge in [0.15, 0.2) is 11.6 Å². The highest BCUT2D eigenvalue weighted by Gasteiger charge is 2.07. The van der Waals surface area contributed by atoms with E-state index in [4.69, 9.17) is 10.8 Å². The predicted octanol–water partition coefficient (Wildman–Crippen LogP) is 2.11. The fourth-order valence-electron chi connectivity index (χ4n) is 1.07. The molecule has 2 nitrogen and oxygen atoms in total. The number of rotatable bonds is 3. The molecule has 0 aliphatic rings. The molecular formula is C10H12FNO. The number of hydrogen-bond acceptors (Lipinski definition) is 2. The van der Waals surface area contributed by atoms with Crippen molar-refractivity contribution in [2.75, 3.05) is 0 Å². The Morgan fingerprint density at radius 3 is 2.85 bits per heavy atom. The van der Waals surface area contributed by atoms with Crippen LogP contribution in [-0.2, 0) is 0 Å². The van der Waals surface area contributed by atoms with E-state index in [0.717, 1.165) is 0 Å². The second kappa shape index (κ2) is 4.05. The molecule has 0 aromatic heterocycles. The second-order valence-corrected chi connectivity index (χ2v) is 2.84. The first-order valence-electron chi connectivity index (χ1n) is 4.00. The Kier molecular flexibility index (Phi) is 3.03. The number of hydrogen-bond donors (Lipinski definition) is 2. The molecule has 0 radical (unpaired) electrons. The number of phenolic OH excluding ortho intramolecular Hbond substituents is 1. The third-order valence-electron chi connectivity index (χ3n) is 1.82. The van der Waals surface area contributed by atoms with E-state index >= 15 is 0 Å². The van der Waals surface area contributed by atoms with Crippen LogP contribution in [0.3, 0.4) is 0 Å². The van der Waals surface area contributed by atoms with Crippen molar-refractivity contribution in [2.45, 2.75) is 12.5 Å². The van der Waals surface area contributed by atoms with Gasteiger partial charge in [-0.3, -0.25) is 0 Å². The van der Waals surface area contributed by atoms with Crippen molar-refractivity contribution < 1.29 is 9.50 Å². The summed E-state index contributed by atoms with van der Waals surface area (Å²) in [6.45, 7) is 3.54. The zero-order valence-electron chi connectivity index (χ0n) is 7.20. The van der Waals surface area contributed by atoms with Crippen molar-refractivity contribution in [3.8, 4) is 5.75 Å². The summed E-state index contributed by atoms with van der Waals surface area (Å²) >= 11 is 0. The van der Waals surface area contributed by atoms with Gasteiger partial charge in [0.2, 0.25) is 0 Å². The van der Waals surface area contributed by atoms with Gasteiger partial charge in [0, 0.05) is 6.04 Å². The molecule has 0 unspecified atom stereocenters. The fourth-order valence-corrected chi connectivity index (χ4v) is 1.07. The van der Waals surface area contributed by atoms with Gasteiger partial charge in [-0.25, -0.2) is 4.39 Å². The lowest BCUT2D eigenvalue weighted by Crippen LogP contribution is -2.08. The van der Waals surface area contributed by atoms with E-state index in [1.807, 2.05) is 0 Å². The number of phenols is 1. The van der Waals surface area contributed by atoms with Gasteiger partial charge >= 0.3 is 0 Å². The molecule has 13 heavy (non-hydrogen) atoms. The van der Waals surface area contributed by atoms with Crippen molar-refractivity contribution >= 4 is 0 Å². The molecule has 70 valence electrons. The molecular weight excluding hydrogens is 169 g/mol. The summed E-state index contributed by atoms with van der Waals surface area (Å²) in [5, 5.41) is 8.92. The topological polar surface area (TPSA) is 46.2 Å². The van der Waals surface area contributed by atoms with Crippen LogP contribution >= 0.6 is 0 Å². The second-order valence-electron chi connectivity index (χ2n) is 2.84. The molecule has 0 bridgehead atoms. The van der Waals surface area contributed by atoms with Crippen molar-refractivity contribution in [3.05, 3.63) is 42.2 Å². The van der Waals surface area contributed by atoms with Crippen LogP contribution in [-0.4, -0.2) is 5.11 Å². The molecule has 0 spiro atoms. The number of halogens is 1. The first-order valence-corrected chi connectivity index (χ1v) is 4.00. The summed E-state index contributed by atoms with van der Waals surface area (Å²) in [6.07, 6.45) is 2.26. The first kappa shape index (κ1) is 9.74. The quantitative estimate of drug-likeness (QED) is 0.701. The summed E-state index contributed by atoms with van der Waals surface area (Å²) in [6, 6.07) is 3.89. The summed E-state index contributed by atoms with van der Waals surface area (Å²) in [5.41, 5.74) is 6.37. The van der Waals surface area contributed by atoms with Gasteiger partial charge in [0.05, 0.1) is 0 Å². The van der Waals surface area contributed by atoms with E-state index in [1.165, 1.54) is 12.1 Å². The van der Waals surface area contributed by atoms with Gasteiger partial charge in [0.25, 0.3) is 0 Å².